The second-order valence-electron chi connectivity index (χ2n) is 17.6. The lowest BCUT2D eigenvalue weighted by Gasteiger charge is -2.73. The largest absolute Gasteiger partial charge is 0.457 e. The highest BCUT2D eigenvalue weighted by molar-refractivity contribution is 6.04. The third-order valence-electron chi connectivity index (χ3n) is 15.0. The molecule has 0 amide bonds. The third-order valence-corrected chi connectivity index (χ3v) is 15.0. The van der Waals surface area contributed by atoms with Gasteiger partial charge in [0, 0.05) is 35.5 Å². The van der Waals surface area contributed by atoms with Crippen LogP contribution in [-0.4, -0.2) is 74.6 Å². The summed E-state index contributed by atoms with van der Waals surface area (Å²) < 4.78 is 19.0. The minimum atomic E-state index is -2.28. The van der Waals surface area contributed by atoms with Crippen molar-refractivity contribution in [3.05, 3.63) is 108 Å². The van der Waals surface area contributed by atoms with Crippen LogP contribution in [0.5, 0.6) is 0 Å². The van der Waals surface area contributed by atoms with E-state index >= 15 is 4.79 Å². The molecule has 3 aliphatic rings. The SMILES string of the molecule is C=C1C(=C)[C@@]2(C)C(=O)C(=C)[C@@]3(C)C(C)(C)C(C)(OC(=O)C(O)C(N)c4ccccc4)C[C@@](O)(C(OC(=O)c4ccccc4)C2[C@@](CO)(OC(C)=O)[C@@H]1C)C3(C)C. The summed E-state index contributed by atoms with van der Waals surface area (Å²) >= 11 is 0. The van der Waals surface area contributed by atoms with Crippen molar-refractivity contribution in [3.63, 3.8) is 0 Å². The Balaban J connectivity index is 1.85. The van der Waals surface area contributed by atoms with E-state index in [1.807, 2.05) is 0 Å². The lowest BCUT2D eigenvalue weighted by Crippen LogP contribution is -2.81. The molecule has 0 heterocycles. The predicted octanol–water partition coefficient (Wildman–Crippen LogP) is 5.59. The smallest absolute Gasteiger partial charge is 0.338 e. The monoisotopic (exact) mass is 771 g/mol. The van der Waals surface area contributed by atoms with Crippen LogP contribution in [0, 0.1) is 33.5 Å². The molecule has 2 aromatic carbocycles. The number of aliphatic hydroxyl groups is 3. The van der Waals surface area contributed by atoms with Crippen molar-refractivity contribution in [1.29, 1.82) is 0 Å². The number of hydrogen-bond acceptors (Lipinski definition) is 11. The summed E-state index contributed by atoms with van der Waals surface area (Å²) in [6.07, 6.45) is -4.04. The minimum Gasteiger partial charge on any atom is -0.457 e. The van der Waals surface area contributed by atoms with E-state index < -0.39 is 105 Å². The van der Waals surface area contributed by atoms with Crippen molar-refractivity contribution in [2.45, 2.75) is 104 Å². The van der Waals surface area contributed by atoms with Gasteiger partial charge in [0.25, 0.3) is 0 Å². The molecular weight excluding hydrogens is 714 g/mol. The average Bonchev–Trinajstić information content (AvgIpc) is 3.16. The first-order chi connectivity index (χ1) is 25.8. The van der Waals surface area contributed by atoms with Gasteiger partial charge < -0.3 is 35.3 Å². The van der Waals surface area contributed by atoms with Crippen molar-refractivity contribution in [1.82, 2.24) is 0 Å². The zero-order valence-corrected chi connectivity index (χ0v) is 34.0. The Morgan fingerprint density at radius 2 is 1.41 bits per heavy atom. The number of hydrogen-bond donors (Lipinski definition) is 4. The molecule has 2 aromatic rings. The van der Waals surface area contributed by atoms with E-state index in [0.717, 1.165) is 6.92 Å². The van der Waals surface area contributed by atoms with Gasteiger partial charge in [0.1, 0.15) is 22.9 Å². The Morgan fingerprint density at radius 3 is 1.93 bits per heavy atom. The lowest BCUT2D eigenvalue weighted by molar-refractivity contribution is -0.324. The highest BCUT2D eigenvalue weighted by Crippen LogP contribution is 2.75. The maximum absolute atomic E-state index is 15.7. The van der Waals surface area contributed by atoms with Crippen molar-refractivity contribution in [2.75, 3.05) is 6.61 Å². The van der Waals surface area contributed by atoms with Crippen LogP contribution in [0.4, 0.5) is 0 Å². The second-order valence-corrected chi connectivity index (χ2v) is 17.6. The average molecular weight is 772 g/mol. The van der Waals surface area contributed by atoms with Gasteiger partial charge in [-0.05, 0) is 48.3 Å². The number of fused-ring (bicyclic) bond motifs is 3. The van der Waals surface area contributed by atoms with Crippen LogP contribution < -0.4 is 5.73 Å². The van der Waals surface area contributed by atoms with Crippen molar-refractivity contribution >= 4 is 23.7 Å². The van der Waals surface area contributed by atoms with Crippen LogP contribution in [0.2, 0.25) is 0 Å². The van der Waals surface area contributed by atoms with Gasteiger partial charge >= 0.3 is 17.9 Å². The fourth-order valence-electron chi connectivity index (χ4n) is 10.5. The molecule has 11 nitrogen and oxygen atoms in total. The van der Waals surface area contributed by atoms with E-state index in [0.29, 0.717) is 11.1 Å². The van der Waals surface area contributed by atoms with Crippen LogP contribution >= 0.6 is 0 Å². The van der Waals surface area contributed by atoms with Crippen molar-refractivity contribution in [3.8, 4) is 0 Å². The first-order valence-corrected chi connectivity index (χ1v) is 18.9. The number of carbonyl (C=O) groups is 4. The first kappa shape index (κ1) is 42.7. The summed E-state index contributed by atoms with van der Waals surface area (Å²) in [5.41, 5.74) is -4.59. The molecule has 0 spiro atoms. The summed E-state index contributed by atoms with van der Waals surface area (Å²) in [6, 6.07) is 15.4. The molecule has 0 saturated heterocycles. The summed E-state index contributed by atoms with van der Waals surface area (Å²) in [6.45, 7) is 26.9. The molecule has 11 heteroatoms. The first-order valence-electron chi connectivity index (χ1n) is 18.9. The minimum absolute atomic E-state index is 0.0212. The maximum atomic E-state index is 15.7. The molecule has 0 aliphatic heterocycles. The number of allylic oxidation sites excluding steroid dienone is 2. The fourth-order valence-corrected chi connectivity index (χ4v) is 10.5. The van der Waals surface area contributed by atoms with Crippen LogP contribution in [0.1, 0.15) is 90.7 Å². The Bertz CT molecular complexity index is 1970. The Morgan fingerprint density at radius 1 is 0.875 bits per heavy atom. The quantitative estimate of drug-likeness (QED) is 0.149. The van der Waals surface area contributed by atoms with Gasteiger partial charge in [0.2, 0.25) is 0 Å². The summed E-state index contributed by atoms with van der Waals surface area (Å²) in [7, 11) is 0. The number of carbonyl (C=O) groups excluding carboxylic acids is 4. The number of benzene rings is 2. The molecule has 3 saturated carbocycles. The molecule has 56 heavy (non-hydrogen) atoms. The van der Waals surface area contributed by atoms with E-state index in [-0.39, 0.29) is 16.7 Å². The summed E-state index contributed by atoms with van der Waals surface area (Å²) in [5, 5.41) is 36.8. The van der Waals surface area contributed by atoms with Crippen molar-refractivity contribution < 1.29 is 48.7 Å². The number of Topliss-reactive ketones (excluding diaryl/α,β-unsaturated/α-hetero) is 1. The van der Waals surface area contributed by atoms with Crippen molar-refractivity contribution in [2.24, 2.45) is 39.2 Å². The molecule has 2 bridgehead atoms. The van der Waals surface area contributed by atoms with Crippen LogP contribution in [0.15, 0.2) is 97.1 Å². The number of nitrogens with two attached hydrogens (primary N) is 1. The molecule has 302 valence electrons. The van der Waals surface area contributed by atoms with Gasteiger partial charge in [-0.1, -0.05) is 110 Å². The van der Waals surface area contributed by atoms with E-state index in [4.69, 9.17) is 19.9 Å². The number of ketones is 1. The predicted molar refractivity (Wildman–Crippen MR) is 210 cm³/mol. The van der Waals surface area contributed by atoms with Gasteiger partial charge in [0.05, 0.1) is 29.5 Å². The highest BCUT2D eigenvalue weighted by atomic mass is 16.6. The molecule has 5 rings (SSSR count). The normalized spacial score (nSPS) is 35.9. The molecule has 0 radical (unpaired) electrons. The topological polar surface area (TPSA) is 183 Å². The molecule has 0 aromatic heterocycles. The summed E-state index contributed by atoms with van der Waals surface area (Å²) in [4.78, 5) is 57.2. The highest BCUT2D eigenvalue weighted by Gasteiger charge is 2.81. The Kier molecular flexibility index (Phi) is 10.6. The number of ether oxygens (including phenoxy) is 3. The van der Waals surface area contributed by atoms with Gasteiger partial charge in [-0.2, -0.15) is 0 Å². The van der Waals surface area contributed by atoms with E-state index in [1.54, 1.807) is 104 Å². The Labute approximate surface area is 329 Å². The molecule has 5 unspecified atom stereocenters. The molecule has 5 N–H and O–H groups in total. The summed E-state index contributed by atoms with van der Waals surface area (Å²) in [5.74, 6) is -5.77. The third kappa shape index (κ3) is 5.60. The van der Waals surface area contributed by atoms with Gasteiger partial charge in [0.15, 0.2) is 11.9 Å². The maximum Gasteiger partial charge on any atom is 0.338 e. The zero-order chi connectivity index (χ0) is 42.2. The molecule has 3 aliphatic carbocycles. The standard InChI is InChI=1S/C45H57NO10/c1-25-26(2)42(11)34(44(24-47,27(25)3)55-29(5)48)36(54-37(51)31-21-17-14-18-22-31)45(53)23-41(10,39(6,7)43(12,40(45,8)9)28(4)35(42)50)56-38(52)33(49)32(46)30-19-15-13-16-20-30/h13-22,27,32-34,36,47,49,53H,1-2,4,23-24,46H2,3,5-12H3/t27-,32?,33?,34?,36?,41?,42-,43+,44+,45-/m1/s1. The van der Waals surface area contributed by atoms with Gasteiger partial charge in [-0.3, -0.25) is 9.59 Å². The number of esters is 3. The molecular formula is C45H57NO10. The zero-order valence-electron chi connectivity index (χ0n) is 34.0. The Hall–Kier alpha value is -4.42. The molecule has 3 fully saturated rings. The van der Waals surface area contributed by atoms with E-state index in [9.17, 15) is 29.7 Å². The van der Waals surface area contributed by atoms with E-state index in [2.05, 4.69) is 19.7 Å². The number of rotatable bonds is 8. The van der Waals surface area contributed by atoms with E-state index in [1.165, 1.54) is 12.1 Å². The van der Waals surface area contributed by atoms with Gasteiger partial charge in [-0.25, -0.2) is 9.59 Å². The second kappa shape index (κ2) is 13.9. The number of aliphatic hydroxyl groups excluding tert-OH is 2. The van der Waals surface area contributed by atoms with Crippen LogP contribution in [0.3, 0.4) is 0 Å². The van der Waals surface area contributed by atoms with Crippen LogP contribution in [-0.2, 0) is 28.6 Å². The van der Waals surface area contributed by atoms with Gasteiger partial charge in [-0.15, -0.1) is 0 Å². The fraction of sp³-hybridized carbons (Fsp3) is 0.511. The molecule has 10 atom stereocenters. The lowest BCUT2D eigenvalue weighted by atomic mass is 9.32. The van der Waals surface area contributed by atoms with Crippen LogP contribution in [0.25, 0.3) is 0 Å².